The van der Waals surface area contributed by atoms with E-state index in [1.54, 1.807) is 5.10 Å². The maximum Gasteiger partial charge on any atom is 0.434 e. The predicted octanol–water partition coefficient (Wildman–Crippen LogP) is 5.36. The van der Waals surface area contributed by atoms with Gasteiger partial charge < -0.3 is 15.2 Å². The van der Waals surface area contributed by atoms with E-state index < -0.39 is 75.8 Å². The van der Waals surface area contributed by atoms with Crippen LogP contribution in [-0.4, -0.2) is 38.5 Å². The number of H-pyrrole nitrogens is 1. The van der Waals surface area contributed by atoms with Crippen molar-refractivity contribution in [3.63, 3.8) is 0 Å². The fourth-order valence-electron chi connectivity index (χ4n) is 2.83. The molecule has 1 atom stereocenters. The first-order valence-electron chi connectivity index (χ1n) is 9.46. The van der Waals surface area contributed by atoms with Gasteiger partial charge in [0.25, 0.3) is 5.91 Å². The van der Waals surface area contributed by atoms with Crippen molar-refractivity contribution in [2.24, 2.45) is 0 Å². The SMILES string of the molecule is Cc1n[nH]c(C(F)(F)F)c1NC(=O)c1cc(F)c(-c2ccc(F)c(O)n2)cc1OC(C)C(F)(F)F. The fourth-order valence-corrected chi connectivity index (χ4v) is 2.83. The third-order valence-corrected chi connectivity index (χ3v) is 4.65. The minimum atomic E-state index is -4.97. The molecule has 0 aliphatic heterocycles. The number of alkyl halides is 6. The van der Waals surface area contributed by atoms with E-state index in [0.717, 1.165) is 13.0 Å². The summed E-state index contributed by atoms with van der Waals surface area (Å²) in [4.78, 5) is 16.1. The maximum atomic E-state index is 14.8. The predicted molar refractivity (Wildman–Crippen MR) is 104 cm³/mol. The van der Waals surface area contributed by atoms with Gasteiger partial charge in [0.2, 0.25) is 5.88 Å². The molecule has 1 amide bonds. The summed E-state index contributed by atoms with van der Waals surface area (Å²) in [5, 5.41) is 16.3. The smallest absolute Gasteiger partial charge is 0.434 e. The van der Waals surface area contributed by atoms with Gasteiger partial charge in [-0.05, 0) is 38.1 Å². The number of carbonyl (C=O) groups excluding carboxylic acids is 1. The summed E-state index contributed by atoms with van der Waals surface area (Å²) >= 11 is 0. The van der Waals surface area contributed by atoms with E-state index in [9.17, 15) is 45.0 Å². The highest BCUT2D eigenvalue weighted by Gasteiger charge is 2.40. The number of carbonyl (C=O) groups is 1. The van der Waals surface area contributed by atoms with Crippen molar-refractivity contribution in [3.8, 4) is 22.9 Å². The molecule has 0 aliphatic carbocycles. The molecule has 15 heteroatoms. The fraction of sp³-hybridized carbons (Fsp3) is 0.250. The number of pyridine rings is 1. The molecular formula is C20H14F8N4O3. The van der Waals surface area contributed by atoms with Crippen molar-refractivity contribution < 1.29 is 49.8 Å². The van der Waals surface area contributed by atoms with Crippen LogP contribution in [0.25, 0.3) is 11.3 Å². The van der Waals surface area contributed by atoms with Crippen LogP contribution in [0.4, 0.5) is 40.8 Å². The minimum Gasteiger partial charge on any atom is -0.491 e. The van der Waals surface area contributed by atoms with Crippen LogP contribution in [-0.2, 0) is 6.18 Å². The number of halogens is 8. The summed E-state index contributed by atoms with van der Waals surface area (Å²) in [6.07, 6.45) is -12.4. The number of aromatic nitrogens is 3. The van der Waals surface area contributed by atoms with E-state index in [4.69, 9.17) is 4.74 Å². The Morgan fingerprint density at radius 1 is 1.11 bits per heavy atom. The van der Waals surface area contributed by atoms with Crippen LogP contribution in [0.1, 0.15) is 28.7 Å². The molecule has 0 fully saturated rings. The highest BCUT2D eigenvalue weighted by atomic mass is 19.4. The zero-order chi connectivity index (χ0) is 26.3. The number of ether oxygens (including phenoxy) is 1. The number of hydrogen-bond donors (Lipinski definition) is 3. The summed E-state index contributed by atoms with van der Waals surface area (Å²) in [6, 6.07) is 2.64. The Labute approximate surface area is 190 Å². The molecule has 3 rings (SSSR count). The summed E-state index contributed by atoms with van der Waals surface area (Å²) < 4.78 is 112. The lowest BCUT2D eigenvalue weighted by atomic mass is 10.0. The van der Waals surface area contributed by atoms with Crippen LogP contribution in [0, 0.1) is 18.6 Å². The number of aryl methyl sites for hydroxylation is 1. The molecule has 35 heavy (non-hydrogen) atoms. The van der Waals surface area contributed by atoms with Gasteiger partial charge in [0.05, 0.1) is 22.6 Å². The van der Waals surface area contributed by atoms with Crippen LogP contribution in [0.5, 0.6) is 11.6 Å². The van der Waals surface area contributed by atoms with Crippen LogP contribution in [0.2, 0.25) is 0 Å². The molecule has 2 aromatic heterocycles. The number of anilines is 1. The van der Waals surface area contributed by atoms with Crippen molar-refractivity contribution >= 4 is 11.6 Å². The van der Waals surface area contributed by atoms with E-state index in [1.807, 2.05) is 5.32 Å². The maximum absolute atomic E-state index is 14.8. The highest BCUT2D eigenvalue weighted by molar-refractivity contribution is 6.07. The molecule has 0 saturated carbocycles. The highest BCUT2D eigenvalue weighted by Crippen LogP contribution is 2.37. The monoisotopic (exact) mass is 510 g/mol. The van der Waals surface area contributed by atoms with Crippen LogP contribution in [0.15, 0.2) is 24.3 Å². The van der Waals surface area contributed by atoms with Crippen molar-refractivity contribution in [3.05, 3.63) is 52.9 Å². The van der Waals surface area contributed by atoms with E-state index in [1.165, 1.54) is 0 Å². The standard InChI is InChI=1S/C20H14F8N4O3/c1-7-15(16(32-31-7)20(26,27)28)30-17(33)10-5-12(22)9(13-4-3-11(21)18(34)29-13)6-14(10)35-8(2)19(23,24)25/h3-6,8H,1-2H3,(H,29,34)(H,30,33)(H,31,32). The number of hydrogen-bond acceptors (Lipinski definition) is 5. The summed E-state index contributed by atoms with van der Waals surface area (Å²) in [7, 11) is 0. The molecular weight excluding hydrogens is 496 g/mol. The molecule has 0 spiro atoms. The third-order valence-electron chi connectivity index (χ3n) is 4.65. The Morgan fingerprint density at radius 2 is 1.77 bits per heavy atom. The first-order valence-corrected chi connectivity index (χ1v) is 9.46. The van der Waals surface area contributed by atoms with E-state index in [0.29, 0.717) is 25.1 Å². The first-order chi connectivity index (χ1) is 16.1. The zero-order valence-electron chi connectivity index (χ0n) is 17.6. The molecule has 1 unspecified atom stereocenters. The van der Waals surface area contributed by atoms with Crippen molar-refractivity contribution in [1.82, 2.24) is 15.2 Å². The largest absolute Gasteiger partial charge is 0.491 e. The van der Waals surface area contributed by atoms with Gasteiger partial charge in [0.15, 0.2) is 17.6 Å². The minimum absolute atomic E-state index is 0.306. The number of benzene rings is 1. The van der Waals surface area contributed by atoms with E-state index in [-0.39, 0.29) is 5.69 Å². The van der Waals surface area contributed by atoms with Gasteiger partial charge in [-0.25, -0.2) is 13.8 Å². The lowest BCUT2D eigenvalue weighted by Gasteiger charge is -2.20. The van der Waals surface area contributed by atoms with Gasteiger partial charge in [-0.3, -0.25) is 9.89 Å². The summed E-state index contributed by atoms with van der Waals surface area (Å²) in [6.45, 7) is 1.69. The normalized spacial score (nSPS) is 13.0. The molecule has 3 N–H and O–H groups in total. The molecule has 0 aliphatic rings. The van der Waals surface area contributed by atoms with Gasteiger partial charge in [-0.15, -0.1) is 0 Å². The third kappa shape index (κ3) is 5.44. The van der Waals surface area contributed by atoms with E-state index >= 15 is 0 Å². The Morgan fingerprint density at radius 3 is 2.34 bits per heavy atom. The average molecular weight is 510 g/mol. The number of amides is 1. The molecule has 0 bridgehead atoms. The van der Waals surface area contributed by atoms with Crippen LogP contribution >= 0.6 is 0 Å². The van der Waals surface area contributed by atoms with Crippen molar-refractivity contribution in [1.29, 1.82) is 0 Å². The molecule has 0 radical (unpaired) electrons. The number of aromatic amines is 1. The molecule has 7 nitrogen and oxygen atoms in total. The van der Waals surface area contributed by atoms with Gasteiger partial charge >= 0.3 is 12.4 Å². The number of nitrogens with zero attached hydrogens (tertiary/aromatic N) is 2. The summed E-state index contributed by atoms with van der Waals surface area (Å²) in [5.74, 6) is -5.89. The van der Waals surface area contributed by atoms with Crippen LogP contribution in [0.3, 0.4) is 0 Å². The lowest BCUT2D eigenvalue weighted by Crippen LogP contribution is -2.32. The lowest BCUT2D eigenvalue weighted by molar-refractivity contribution is -0.189. The number of aromatic hydroxyl groups is 1. The quantitative estimate of drug-likeness (QED) is 0.401. The average Bonchev–Trinajstić information content (AvgIpc) is 3.11. The number of rotatable bonds is 5. The first kappa shape index (κ1) is 25.7. The van der Waals surface area contributed by atoms with E-state index in [2.05, 4.69) is 10.1 Å². The zero-order valence-corrected chi connectivity index (χ0v) is 17.6. The topological polar surface area (TPSA) is 100 Å². The Bertz CT molecular complexity index is 1270. The Balaban J connectivity index is 2.11. The second-order valence-corrected chi connectivity index (χ2v) is 7.14. The molecule has 2 heterocycles. The van der Waals surface area contributed by atoms with Gasteiger partial charge in [-0.1, -0.05) is 0 Å². The van der Waals surface area contributed by atoms with Gasteiger partial charge in [0, 0.05) is 5.56 Å². The Kier molecular flexibility index (Phi) is 6.64. The molecule has 3 aromatic rings. The molecule has 1 aromatic carbocycles. The second kappa shape index (κ2) is 9.03. The number of nitrogens with one attached hydrogen (secondary N) is 2. The Hall–Kier alpha value is -3.91. The van der Waals surface area contributed by atoms with Gasteiger partial charge in [0.1, 0.15) is 11.6 Å². The second-order valence-electron chi connectivity index (χ2n) is 7.14. The van der Waals surface area contributed by atoms with Crippen LogP contribution < -0.4 is 10.1 Å². The molecule has 188 valence electrons. The van der Waals surface area contributed by atoms with Crippen molar-refractivity contribution in [2.45, 2.75) is 32.3 Å². The molecule has 0 saturated heterocycles. The van der Waals surface area contributed by atoms with Crippen molar-refractivity contribution in [2.75, 3.05) is 5.32 Å². The van der Waals surface area contributed by atoms with Gasteiger partial charge in [-0.2, -0.15) is 31.4 Å². The summed E-state index contributed by atoms with van der Waals surface area (Å²) in [5.41, 5.74) is -4.48.